The molecule has 104 valence electrons. The number of rotatable bonds is 11. The van der Waals surface area contributed by atoms with Gasteiger partial charge in [0.15, 0.2) is 0 Å². The Kier molecular flexibility index (Phi) is 9.91. The lowest BCUT2D eigenvalue weighted by molar-refractivity contribution is 0.160. The molecule has 1 unspecified atom stereocenters. The highest BCUT2D eigenvalue weighted by atomic mass is 14.6. The van der Waals surface area contributed by atoms with Crippen molar-refractivity contribution in [1.29, 1.82) is 0 Å². The average molecular weight is 241 g/mol. The number of hydrogen-bond acceptors (Lipinski definition) is 1. The van der Waals surface area contributed by atoms with Gasteiger partial charge < -0.3 is 5.73 Å². The van der Waals surface area contributed by atoms with Crippen molar-refractivity contribution in [1.82, 2.24) is 0 Å². The summed E-state index contributed by atoms with van der Waals surface area (Å²) in [5, 5.41) is 0. The molecule has 0 aliphatic heterocycles. The Morgan fingerprint density at radius 2 is 1.35 bits per heavy atom. The van der Waals surface area contributed by atoms with Crippen LogP contribution in [0.5, 0.6) is 0 Å². The fourth-order valence-corrected chi connectivity index (χ4v) is 2.64. The van der Waals surface area contributed by atoms with Crippen LogP contribution in [0.25, 0.3) is 0 Å². The van der Waals surface area contributed by atoms with Crippen LogP contribution in [0.15, 0.2) is 0 Å². The molecule has 0 fully saturated rings. The van der Waals surface area contributed by atoms with Crippen LogP contribution >= 0.6 is 0 Å². The number of unbranched alkanes of at least 4 members (excludes halogenated alkanes) is 5. The normalized spacial score (nSPS) is 16.8. The van der Waals surface area contributed by atoms with Gasteiger partial charge in [-0.2, -0.15) is 0 Å². The largest absolute Gasteiger partial charge is 0.330 e. The molecule has 0 saturated carbocycles. The SMILES string of the molecule is CCCCCC[C@](C)(CCCCC)C(C)CN. The summed E-state index contributed by atoms with van der Waals surface area (Å²) in [4.78, 5) is 0. The van der Waals surface area contributed by atoms with Crippen LogP contribution in [0.2, 0.25) is 0 Å². The van der Waals surface area contributed by atoms with Crippen LogP contribution in [0.1, 0.15) is 85.5 Å². The summed E-state index contributed by atoms with van der Waals surface area (Å²) in [5.41, 5.74) is 6.38. The zero-order valence-electron chi connectivity index (χ0n) is 12.7. The van der Waals surface area contributed by atoms with E-state index in [0.29, 0.717) is 11.3 Å². The smallest absolute Gasteiger partial charge is 0.00463 e. The molecule has 0 amide bonds. The van der Waals surface area contributed by atoms with E-state index in [1.807, 2.05) is 0 Å². The van der Waals surface area contributed by atoms with Crippen molar-refractivity contribution < 1.29 is 0 Å². The van der Waals surface area contributed by atoms with Crippen molar-refractivity contribution in [2.75, 3.05) is 6.54 Å². The molecule has 0 heterocycles. The Morgan fingerprint density at radius 3 is 1.82 bits per heavy atom. The lowest BCUT2D eigenvalue weighted by Crippen LogP contribution is -2.31. The standard InChI is InChI=1S/C16H35N/c1-5-7-9-11-13-16(4,15(3)14-17)12-10-8-6-2/h15H,5-14,17H2,1-4H3/t15?,16-/m0/s1. The first-order valence-corrected chi connectivity index (χ1v) is 7.80. The lowest BCUT2D eigenvalue weighted by atomic mass is 9.71. The van der Waals surface area contributed by atoms with E-state index in [4.69, 9.17) is 5.73 Å². The Morgan fingerprint density at radius 1 is 0.882 bits per heavy atom. The summed E-state index contributed by atoms with van der Waals surface area (Å²) >= 11 is 0. The molecule has 1 nitrogen and oxygen atoms in total. The van der Waals surface area contributed by atoms with Crippen LogP contribution in [-0.2, 0) is 0 Å². The Hall–Kier alpha value is -0.0400. The minimum atomic E-state index is 0.484. The Balaban J connectivity index is 4.09. The molecule has 0 aliphatic rings. The highest BCUT2D eigenvalue weighted by molar-refractivity contribution is 4.80. The maximum absolute atomic E-state index is 5.89. The predicted molar refractivity (Wildman–Crippen MR) is 79.2 cm³/mol. The van der Waals surface area contributed by atoms with E-state index in [-0.39, 0.29) is 0 Å². The Bertz CT molecular complexity index is 167. The highest BCUT2D eigenvalue weighted by Gasteiger charge is 2.28. The van der Waals surface area contributed by atoms with E-state index in [9.17, 15) is 0 Å². The summed E-state index contributed by atoms with van der Waals surface area (Å²) in [6.07, 6.45) is 12.3. The van der Waals surface area contributed by atoms with Gasteiger partial charge in [-0.1, -0.05) is 72.6 Å². The van der Waals surface area contributed by atoms with Gasteiger partial charge in [0.1, 0.15) is 0 Å². The second-order valence-electron chi connectivity index (χ2n) is 6.06. The fourth-order valence-electron chi connectivity index (χ4n) is 2.64. The van der Waals surface area contributed by atoms with Crippen molar-refractivity contribution >= 4 is 0 Å². The van der Waals surface area contributed by atoms with Crippen molar-refractivity contribution in [3.63, 3.8) is 0 Å². The molecule has 2 atom stereocenters. The first-order chi connectivity index (χ1) is 8.10. The van der Waals surface area contributed by atoms with E-state index in [2.05, 4.69) is 27.7 Å². The molecule has 0 aliphatic carbocycles. The molecule has 0 aromatic heterocycles. The second-order valence-corrected chi connectivity index (χ2v) is 6.06. The number of hydrogen-bond donors (Lipinski definition) is 1. The maximum Gasteiger partial charge on any atom is -0.00463 e. The van der Waals surface area contributed by atoms with E-state index in [0.717, 1.165) is 6.54 Å². The first kappa shape index (κ1) is 17.0. The van der Waals surface area contributed by atoms with E-state index < -0.39 is 0 Å². The van der Waals surface area contributed by atoms with Gasteiger partial charge in [-0.25, -0.2) is 0 Å². The Labute approximate surface area is 110 Å². The van der Waals surface area contributed by atoms with Crippen LogP contribution in [0.3, 0.4) is 0 Å². The van der Waals surface area contributed by atoms with Crippen LogP contribution < -0.4 is 5.73 Å². The third-order valence-corrected chi connectivity index (χ3v) is 4.50. The minimum Gasteiger partial charge on any atom is -0.330 e. The summed E-state index contributed by atoms with van der Waals surface area (Å²) in [5.74, 6) is 0.668. The summed E-state index contributed by atoms with van der Waals surface area (Å²) < 4.78 is 0. The molecule has 0 rings (SSSR count). The molecule has 2 N–H and O–H groups in total. The lowest BCUT2D eigenvalue weighted by Gasteiger charge is -2.36. The molecule has 1 heteroatoms. The van der Waals surface area contributed by atoms with Gasteiger partial charge in [0.25, 0.3) is 0 Å². The maximum atomic E-state index is 5.89. The number of nitrogens with two attached hydrogens (primary N) is 1. The minimum absolute atomic E-state index is 0.484. The average Bonchev–Trinajstić information content (AvgIpc) is 2.34. The summed E-state index contributed by atoms with van der Waals surface area (Å²) in [6, 6.07) is 0. The van der Waals surface area contributed by atoms with Gasteiger partial charge in [0.05, 0.1) is 0 Å². The first-order valence-electron chi connectivity index (χ1n) is 7.80. The van der Waals surface area contributed by atoms with Gasteiger partial charge in [-0.3, -0.25) is 0 Å². The van der Waals surface area contributed by atoms with Gasteiger partial charge in [-0.05, 0) is 30.7 Å². The van der Waals surface area contributed by atoms with Crippen molar-refractivity contribution in [2.24, 2.45) is 17.1 Å². The van der Waals surface area contributed by atoms with Crippen molar-refractivity contribution in [3.05, 3.63) is 0 Å². The predicted octanol–water partition coefficient (Wildman–Crippen LogP) is 5.14. The zero-order valence-corrected chi connectivity index (χ0v) is 12.7. The van der Waals surface area contributed by atoms with Crippen molar-refractivity contribution in [2.45, 2.75) is 85.5 Å². The second kappa shape index (κ2) is 9.94. The quantitative estimate of drug-likeness (QED) is 0.498. The molecule has 17 heavy (non-hydrogen) atoms. The summed E-state index contributed by atoms with van der Waals surface area (Å²) in [7, 11) is 0. The summed E-state index contributed by atoms with van der Waals surface area (Å²) in [6.45, 7) is 10.2. The molecule has 0 radical (unpaired) electrons. The molecule has 0 aromatic rings. The molecule has 0 aromatic carbocycles. The van der Waals surface area contributed by atoms with Crippen molar-refractivity contribution in [3.8, 4) is 0 Å². The zero-order chi connectivity index (χ0) is 13.1. The van der Waals surface area contributed by atoms with Gasteiger partial charge in [0, 0.05) is 0 Å². The third kappa shape index (κ3) is 7.08. The van der Waals surface area contributed by atoms with Gasteiger partial charge in [-0.15, -0.1) is 0 Å². The van der Waals surface area contributed by atoms with E-state index in [1.165, 1.54) is 57.8 Å². The van der Waals surface area contributed by atoms with Gasteiger partial charge >= 0.3 is 0 Å². The van der Waals surface area contributed by atoms with Crippen LogP contribution in [-0.4, -0.2) is 6.54 Å². The third-order valence-electron chi connectivity index (χ3n) is 4.50. The van der Waals surface area contributed by atoms with Crippen LogP contribution in [0, 0.1) is 11.3 Å². The molecular weight excluding hydrogens is 206 g/mol. The van der Waals surface area contributed by atoms with E-state index in [1.54, 1.807) is 0 Å². The molecule has 0 bridgehead atoms. The van der Waals surface area contributed by atoms with Crippen LogP contribution in [0.4, 0.5) is 0 Å². The molecule has 0 saturated heterocycles. The topological polar surface area (TPSA) is 26.0 Å². The monoisotopic (exact) mass is 241 g/mol. The fraction of sp³-hybridized carbons (Fsp3) is 1.00. The highest BCUT2D eigenvalue weighted by Crippen LogP contribution is 2.38. The molecule has 0 spiro atoms. The van der Waals surface area contributed by atoms with Gasteiger partial charge in [0.2, 0.25) is 0 Å². The van der Waals surface area contributed by atoms with E-state index >= 15 is 0 Å². The molecular formula is C16H35N.